The number of amides is 1. The lowest BCUT2D eigenvalue weighted by Crippen LogP contribution is -2.43. The van der Waals surface area contributed by atoms with Crippen molar-refractivity contribution < 1.29 is 14.7 Å². The number of rotatable bonds is 7. The van der Waals surface area contributed by atoms with Gasteiger partial charge in [0.15, 0.2) is 6.04 Å². The molecule has 3 heterocycles. The van der Waals surface area contributed by atoms with E-state index in [0.29, 0.717) is 25.3 Å². The summed E-state index contributed by atoms with van der Waals surface area (Å²) in [4.78, 5) is 26.0. The van der Waals surface area contributed by atoms with Gasteiger partial charge in [-0.25, -0.2) is 4.79 Å². The molecule has 9 nitrogen and oxygen atoms in total. The van der Waals surface area contributed by atoms with Crippen molar-refractivity contribution in [2.45, 2.75) is 45.7 Å². The van der Waals surface area contributed by atoms with E-state index in [2.05, 4.69) is 62.4 Å². The van der Waals surface area contributed by atoms with E-state index in [-0.39, 0.29) is 5.91 Å². The predicted molar refractivity (Wildman–Crippen MR) is 134 cm³/mol. The first-order valence-corrected chi connectivity index (χ1v) is 12.1. The zero-order valence-electron chi connectivity index (χ0n) is 20.3. The SMILES string of the molecule is CCCc1cc2c(n1Cc1ccc(-c3ccccc3-c3nn[nH]n3)cc1)C(C(=O)O)N(C(C)=O)CC2. The van der Waals surface area contributed by atoms with Crippen molar-refractivity contribution in [2.75, 3.05) is 6.54 Å². The Hall–Kier alpha value is -4.27. The Labute approximate surface area is 208 Å². The molecule has 4 aromatic rings. The number of aryl methyl sites for hydroxylation is 1. The summed E-state index contributed by atoms with van der Waals surface area (Å²) >= 11 is 0. The third-order valence-corrected chi connectivity index (χ3v) is 6.76. The maximum Gasteiger partial charge on any atom is 0.332 e. The molecule has 1 aliphatic rings. The van der Waals surface area contributed by atoms with Crippen LogP contribution in [0.25, 0.3) is 22.5 Å². The van der Waals surface area contributed by atoms with E-state index in [1.54, 1.807) is 0 Å². The van der Waals surface area contributed by atoms with Gasteiger partial charge < -0.3 is 14.6 Å². The van der Waals surface area contributed by atoms with Crippen molar-refractivity contribution in [1.29, 1.82) is 0 Å². The van der Waals surface area contributed by atoms with E-state index < -0.39 is 12.0 Å². The summed E-state index contributed by atoms with van der Waals surface area (Å²) in [6, 6.07) is 17.3. The molecule has 36 heavy (non-hydrogen) atoms. The number of carboxylic acid groups (broad SMARTS) is 1. The summed E-state index contributed by atoms with van der Waals surface area (Å²) < 4.78 is 2.11. The van der Waals surface area contributed by atoms with Gasteiger partial charge in [0.05, 0.1) is 5.69 Å². The van der Waals surface area contributed by atoms with Crippen molar-refractivity contribution in [1.82, 2.24) is 30.1 Å². The number of carbonyl (C=O) groups is 2. The van der Waals surface area contributed by atoms with Gasteiger partial charge in [-0.05, 0) is 46.4 Å². The minimum atomic E-state index is -0.998. The van der Waals surface area contributed by atoms with E-state index >= 15 is 0 Å². The first-order valence-electron chi connectivity index (χ1n) is 12.1. The van der Waals surface area contributed by atoms with Crippen LogP contribution in [0.3, 0.4) is 0 Å². The average molecular weight is 485 g/mol. The van der Waals surface area contributed by atoms with Crippen molar-refractivity contribution in [3.05, 3.63) is 77.1 Å². The quantitative estimate of drug-likeness (QED) is 0.411. The molecular formula is C27H28N6O3. The second-order valence-corrected chi connectivity index (χ2v) is 9.06. The van der Waals surface area contributed by atoms with Gasteiger partial charge in [0.2, 0.25) is 11.7 Å². The molecule has 0 saturated heterocycles. The maximum absolute atomic E-state index is 12.3. The lowest BCUT2D eigenvalue weighted by molar-refractivity contribution is -0.150. The van der Waals surface area contributed by atoms with Crippen molar-refractivity contribution in [2.24, 2.45) is 0 Å². The van der Waals surface area contributed by atoms with Crippen LogP contribution in [-0.2, 0) is 29.0 Å². The Balaban J connectivity index is 1.51. The van der Waals surface area contributed by atoms with Crippen LogP contribution in [0.15, 0.2) is 54.6 Å². The molecule has 0 aliphatic carbocycles. The molecule has 0 radical (unpaired) electrons. The van der Waals surface area contributed by atoms with Crippen LogP contribution in [-0.4, -0.2) is 53.6 Å². The number of hydrogen-bond donors (Lipinski definition) is 2. The highest BCUT2D eigenvalue weighted by molar-refractivity contribution is 5.84. The van der Waals surface area contributed by atoms with Gasteiger partial charge in [0, 0.05) is 31.3 Å². The molecule has 9 heteroatoms. The smallest absolute Gasteiger partial charge is 0.332 e. The Morgan fingerprint density at radius 1 is 1.11 bits per heavy atom. The zero-order chi connectivity index (χ0) is 25.2. The molecule has 184 valence electrons. The lowest BCUT2D eigenvalue weighted by Gasteiger charge is -2.34. The number of aromatic amines is 1. The molecule has 0 bridgehead atoms. The first-order chi connectivity index (χ1) is 17.5. The fourth-order valence-corrected chi connectivity index (χ4v) is 5.14. The Morgan fingerprint density at radius 2 is 1.86 bits per heavy atom. The third kappa shape index (κ3) is 4.28. The highest BCUT2D eigenvalue weighted by atomic mass is 16.4. The van der Waals surface area contributed by atoms with Crippen LogP contribution in [0.4, 0.5) is 0 Å². The monoisotopic (exact) mass is 484 g/mol. The minimum absolute atomic E-state index is 0.220. The second kappa shape index (κ2) is 9.77. The Kier molecular flexibility index (Phi) is 6.37. The topological polar surface area (TPSA) is 117 Å². The van der Waals surface area contributed by atoms with Crippen molar-refractivity contribution in [3.8, 4) is 22.5 Å². The third-order valence-electron chi connectivity index (χ3n) is 6.76. The molecular weight excluding hydrogens is 456 g/mol. The van der Waals surface area contributed by atoms with Gasteiger partial charge in [0.1, 0.15) is 0 Å². The molecule has 0 spiro atoms. The van der Waals surface area contributed by atoms with Crippen LogP contribution >= 0.6 is 0 Å². The Bertz CT molecular complexity index is 1390. The molecule has 2 aromatic carbocycles. The van der Waals surface area contributed by atoms with E-state index in [9.17, 15) is 14.7 Å². The molecule has 1 unspecified atom stereocenters. The van der Waals surface area contributed by atoms with Gasteiger partial charge in [-0.3, -0.25) is 4.79 Å². The summed E-state index contributed by atoms with van der Waals surface area (Å²) in [5.74, 6) is -0.683. The van der Waals surface area contributed by atoms with Gasteiger partial charge in [0.25, 0.3) is 0 Å². The lowest BCUT2D eigenvalue weighted by atomic mass is 9.98. The van der Waals surface area contributed by atoms with Gasteiger partial charge in [-0.2, -0.15) is 5.21 Å². The molecule has 1 atom stereocenters. The van der Waals surface area contributed by atoms with Crippen LogP contribution in [0.5, 0.6) is 0 Å². The number of carbonyl (C=O) groups excluding carboxylic acids is 1. The predicted octanol–water partition coefficient (Wildman–Crippen LogP) is 3.87. The number of aromatic nitrogens is 5. The maximum atomic E-state index is 12.3. The van der Waals surface area contributed by atoms with Gasteiger partial charge in [-0.15, -0.1) is 10.2 Å². The molecule has 0 fully saturated rings. The molecule has 0 saturated carbocycles. The summed E-state index contributed by atoms with van der Waals surface area (Å²) in [7, 11) is 0. The van der Waals surface area contributed by atoms with Gasteiger partial charge >= 0.3 is 5.97 Å². The molecule has 2 N–H and O–H groups in total. The fourth-order valence-electron chi connectivity index (χ4n) is 5.14. The van der Waals surface area contributed by atoms with Crippen molar-refractivity contribution in [3.63, 3.8) is 0 Å². The standard InChI is InChI=1S/C27H28N6O3/c1-3-6-21-15-20-13-14-32(17(2)34)25(27(35)36)24(20)33(21)16-18-9-11-19(12-10-18)22-7-4-5-8-23(22)26-28-30-31-29-26/h4-5,7-12,15,25H,3,6,13-14,16H2,1-2H3,(H,35,36)(H,28,29,30,31). The van der Waals surface area contributed by atoms with E-state index in [0.717, 1.165) is 52.0 Å². The number of hydrogen-bond acceptors (Lipinski definition) is 5. The van der Waals surface area contributed by atoms with E-state index in [4.69, 9.17) is 0 Å². The van der Waals surface area contributed by atoms with Gasteiger partial charge in [-0.1, -0.05) is 61.9 Å². The van der Waals surface area contributed by atoms with Crippen LogP contribution in [0.1, 0.15) is 48.8 Å². The summed E-state index contributed by atoms with van der Waals surface area (Å²) in [6.07, 6.45) is 2.45. The number of nitrogens with one attached hydrogen (secondary N) is 1. The highest BCUT2D eigenvalue weighted by Crippen LogP contribution is 2.35. The number of nitrogens with zero attached hydrogens (tertiary/aromatic N) is 5. The summed E-state index contributed by atoms with van der Waals surface area (Å²) in [5.41, 5.74) is 6.80. The molecule has 1 amide bonds. The molecule has 2 aromatic heterocycles. The normalized spacial score (nSPS) is 15.1. The number of fused-ring (bicyclic) bond motifs is 1. The number of tetrazole rings is 1. The molecule has 1 aliphatic heterocycles. The van der Waals surface area contributed by atoms with Crippen LogP contribution in [0.2, 0.25) is 0 Å². The highest BCUT2D eigenvalue weighted by Gasteiger charge is 2.38. The van der Waals surface area contributed by atoms with E-state index in [1.807, 2.05) is 24.3 Å². The number of benzene rings is 2. The van der Waals surface area contributed by atoms with E-state index in [1.165, 1.54) is 11.8 Å². The largest absolute Gasteiger partial charge is 0.479 e. The van der Waals surface area contributed by atoms with Crippen molar-refractivity contribution >= 4 is 11.9 Å². The minimum Gasteiger partial charge on any atom is -0.479 e. The number of carboxylic acids is 1. The summed E-state index contributed by atoms with van der Waals surface area (Å²) in [5, 5.41) is 24.5. The zero-order valence-corrected chi connectivity index (χ0v) is 20.3. The second-order valence-electron chi connectivity index (χ2n) is 9.06. The average Bonchev–Trinajstić information content (AvgIpc) is 3.53. The number of H-pyrrole nitrogens is 1. The van der Waals surface area contributed by atoms with Crippen LogP contribution in [0, 0.1) is 0 Å². The number of aliphatic carboxylic acids is 1. The van der Waals surface area contributed by atoms with Crippen LogP contribution < -0.4 is 0 Å². The fraction of sp³-hybridized carbons (Fsp3) is 0.296. The summed E-state index contributed by atoms with van der Waals surface area (Å²) in [6.45, 7) is 4.51. The first kappa shape index (κ1) is 23.5. The Morgan fingerprint density at radius 3 is 2.50 bits per heavy atom. The molecule has 5 rings (SSSR count).